The van der Waals surface area contributed by atoms with Crippen molar-refractivity contribution < 1.29 is 8.78 Å². The van der Waals surface area contributed by atoms with Crippen LogP contribution in [0.5, 0.6) is 0 Å². The molecule has 0 aromatic heterocycles. The van der Waals surface area contributed by atoms with E-state index in [4.69, 9.17) is 0 Å². The highest BCUT2D eigenvalue weighted by Gasteiger charge is 2.39. The maximum Gasteiger partial charge on any atom is 0.135 e. The van der Waals surface area contributed by atoms with Crippen LogP contribution in [0.15, 0.2) is 60.7 Å². The highest BCUT2D eigenvalue weighted by Crippen LogP contribution is 2.43. The summed E-state index contributed by atoms with van der Waals surface area (Å²) in [6.45, 7) is -0.291. The van der Waals surface area contributed by atoms with Crippen LogP contribution in [0.4, 0.5) is 8.78 Å². The average Bonchev–Trinajstić information content (AvgIpc) is 2.64. The van der Waals surface area contributed by atoms with E-state index in [9.17, 15) is 4.39 Å². The Morgan fingerprint density at radius 3 is 2.46 bits per heavy atom. The van der Waals surface area contributed by atoms with Crippen molar-refractivity contribution in [2.45, 2.75) is 44.2 Å². The smallest absolute Gasteiger partial charge is 0.135 e. The summed E-state index contributed by atoms with van der Waals surface area (Å²) in [5, 5.41) is 0. The molecule has 1 saturated carbocycles. The van der Waals surface area contributed by atoms with Gasteiger partial charge in [0.2, 0.25) is 0 Å². The van der Waals surface area contributed by atoms with E-state index in [1.807, 2.05) is 36.4 Å². The Morgan fingerprint density at radius 1 is 1.08 bits per heavy atom. The molecule has 0 radical (unpaired) electrons. The molecule has 0 heterocycles. The van der Waals surface area contributed by atoms with Gasteiger partial charge in [0.1, 0.15) is 5.67 Å². The van der Waals surface area contributed by atoms with Crippen LogP contribution in [0.25, 0.3) is 5.57 Å². The molecule has 0 amide bonds. The van der Waals surface area contributed by atoms with Crippen LogP contribution >= 0.6 is 0 Å². The molecule has 1 fully saturated rings. The second-order valence-electron chi connectivity index (χ2n) is 7.01. The van der Waals surface area contributed by atoms with Crippen LogP contribution in [-0.4, -0.2) is 12.3 Å². The molecule has 0 saturated heterocycles. The molecule has 2 aliphatic rings. The molecule has 2 heteroatoms. The quantitative estimate of drug-likeness (QED) is 0.544. The Kier molecular flexibility index (Phi) is 5.65. The standard InChI is InChI=1S/C22H26F2/c23-17-5-4-6-18-9-11-21(12-10-18)22(24)15-13-20(14-16-22)19-7-2-1-3-8-19/h1-4,6-8,13-15,18,21H,5,9-12,16-17H2. The molecule has 3 rings (SSSR count). The summed E-state index contributed by atoms with van der Waals surface area (Å²) in [5.74, 6) is 0.604. The Bertz CT molecular complexity index is 606. The summed E-state index contributed by atoms with van der Waals surface area (Å²) >= 11 is 0. The summed E-state index contributed by atoms with van der Waals surface area (Å²) < 4.78 is 27.5. The van der Waals surface area contributed by atoms with Gasteiger partial charge < -0.3 is 0 Å². The van der Waals surface area contributed by atoms with Crippen molar-refractivity contribution in [3.8, 4) is 0 Å². The molecular weight excluding hydrogens is 302 g/mol. The molecule has 2 aliphatic carbocycles. The minimum atomic E-state index is -1.20. The van der Waals surface area contributed by atoms with Gasteiger partial charge in [0, 0.05) is 6.42 Å². The van der Waals surface area contributed by atoms with E-state index < -0.39 is 5.67 Å². The molecule has 0 spiro atoms. The van der Waals surface area contributed by atoms with Gasteiger partial charge in [-0.25, -0.2) is 4.39 Å². The predicted octanol–water partition coefficient (Wildman–Crippen LogP) is 6.46. The molecule has 0 aliphatic heterocycles. The van der Waals surface area contributed by atoms with Gasteiger partial charge in [-0.05, 0) is 61.2 Å². The number of rotatable bonds is 5. The van der Waals surface area contributed by atoms with E-state index in [-0.39, 0.29) is 12.6 Å². The molecule has 0 N–H and O–H groups in total. The second kappa shape index (κ2) is 7.92. The van der Waals surface area contributed by atoms with Gasteiger partial charge in [-0.2, -0.15) is 0 Å². The lowest BCUT2D eigenvalue weighted by Gasteiger charge is -2.37. The fourth-order valence-electron chi connectivity index (χ4n) is 3.92. The van der Waals surface area contributed by atoms with E-state index in [0.29, 0.717) is 18.8 Å². The first-order valence-corrected chi connectivity index (χ1v) is 9.07. The van der Waals surface area contributed by atoms with Gasteiger partial charge in [-0.3, -0.25) is 4.39 Å². The van der Waals surface area contributed by atoms with Crippen LogP contribution in [-0.2, 0) is 0 Å². The molecule has 0 nitrogen and oxygen atoms in total. The van der Waals surface area contributed by atoms with Gasteiger partial charge >= 0.3 is 0 Å². The third kappa shape index (κ3) is 4.03. The van der Waals surface area contributed by atoms with Crippen molar-refractivity contribution in [2.75, 3.05) is 6.67 Å². The van der Waals surface area contributed by atoms with E-state index in [1.54, 1.807) is 6.08 Å². The molecule has 128 valence electrons. The van der Waals surface area contributed by atoms with Crippen molar-refractivity contribution in [3.63, 3.8) is 0 Å². The van der Waals surface area contributed by atoms with Crippen molar-refractivity contribution in [1.29, 1.82) is 0 Å². The summed E-state index contributed by atoms with van der Waals surface area (Å²) in [4.78, 5) is 0. The van der Waals surface area contributed by atoms with Crippen LogP contribution in [0, 0.1) is 11.8 Å². The zero-order valence-corrected chi connectivity index (χ0v) is 14.1. The molecule has 1 aromatic carbocycles. The zero-order valence-electron chi connectivity index (χ0n) is 14.1. The van der Waals surface area contributed by atoms with Gasteiger partial charge in [0.25, 0.3) is 0 Å². The molecule has 1 aromatic rings. The molecule has 24 heavy (non-hydrogen) atoms. The van der Waals surface area contributed by atoms with E-state index in [2.05, 4.69) is 18.2 Å². The van der Waals surface area contributed by atoms with Gasteiger partial charge in [-0.1, -0.05) is 54.6 Å². The first-order valence-electron chi connectivity index (χ1n) is 9.07. The van der Waals surface area contributed by atoms with Crippen molar-refractivity contribution in [3.05, 3.63) is 66.3 Å². The predicted molar refractivity (Wildman–Crippen MR) is 97.2 cm³/mol. The highest BCUT2D eigenvalue weighted by atomic mass is 19.1. The van der Waals surface area contributed by atoms with Crippen LogP contribution in [0.3, 0.4) is 0 Å². The normalized spacial score (nSPS) is 30.5. The fourth-order valence-corrected chi connectivity index (χ4v) is 3.92. The van der Waals surface area contributed by atoms with Crippen molar-refractivity contribution in [2.24, 2.45) is 11.8 Å². The Hall–Kier alpha value is -1.70. The summed E-state index contributed by atoms with van der Waals surface area (Å²) in [5.41, 5.74) is 1.07. The van der Waals surface area contributed by atoms with Crippen molar-refractivity contribution in [1.82, 2.24) is 0 Å². The van der Waals surface area contributed by atoms with Gasteiger partial charge in [-0.15, -0.1) is 0 Å². The van der Waals surface area contributed by atoms with Crippen LogP contribution in [0.1, 0.15) is 44.1 Å². The SMILES string of the molecule is FCCC=CC1CCC(C2(F)C=CC(c3ccccc3)=CC2)CC1. The topological polar surface area (TPSA) is 0 Å². The number of hydrogen-bond acceptors (Lipinski definition) is 0. The summed E-state index contributed by atoms with van der Waals surface area (Å²) in [6, 6.07) is 10.2. The minimum absolute atomic E-state index is 0.105. The van der Waals surface area contributed by atoms with Crippen LogP contribution in [0.2, 0.25) is 0 Å². The Morgan fingerprint density at radius 2 is 1.83 bits per heavy atom. The molecule has 1 unspecified atom stereocenters. The van der Waals surface area contributed by atoms with E-state index >= 15 is 4.39 Å². The van der Waals surface area contributed by atoms with E-state index in [0.717, 1.165) is 36.8 Å². The maximum absolute atomic E-state index is 15.4. The minimum Gasteiger partial charge on any atom is -0.251 e. The van der Waals surface area contributed by atoms with Crippen LogP contribution < -0.4 is 0 Å². The summed E-state index contributed by atoms with van der Waals surface area (Å²) in [7, 11) is 0. The third-order valence-corrected chi connectivity index (χ3v) is 5.42. The first kappa shape index (κ1) is 17.1. The summed E-state index contributed by atoms with van der Waals surface area (Å²) in [6.07, 6.45) is 14.7. The fraction of sp³-hybridized carbons (Fsp3) is 0.455. The Balaban J connectivity index is 1.57. The van der Waals surface area contributed by atoms with Gasteiger partial charge in [0.15, 0.2) is 0 Å². The molecular formula is C22H26F2. The average molecular weight is 328 g/mol. The number of halogens is 2. The molecule has 1 atom stereocenters. The lowest BCUT2D eigenvalue weighted by molar-refractivity contribution is 0.0975. The second-order valence-corrected chi connectivity index (χ2v) is 7.01. The first-order chi connectivity index (χ1) is 11.7. The number of benzene rings is 1. The lowest BCUT2D eigenvalue weighted by atomic mass is 9.71. The van der Waals surface area contributed by atoms with E-state index in [1.165, 1.54) is 0 Å². The maximum atomic E-state index is 15.4. The van der Waals surface area contributed by atoms with Gasteiger partial charge in [0.05, 0.1) is 6.67 Å². The van der Waals surface area contributed by atoms with Crippen molar-refractivity contribution >= 4 is 5.57 Å². The third-order valence-electron chi connectivity index (χ3n) is 5.42. The lowest BCUT2D eigenvalue weighted by Crippen LogP contribution is -2.34. The number of allylic oxidation sites excluding steroid dienone is 6. The largest absolute Gasteiger partial charge is 0.251 e. The Labute approximate surface area is 144 Å². The monoisotopic (exact) mass is 328 g/mol. The molecule has 0 bridgehead atoms. The highest BCUT2D eigenvalue weighted by molar-refractivity contribution is 5.75. The zero-order chi connectivity index (χ0) is 16.8. The number of hydrogen-bond donors (Lipinski definition) is 0. The number of alkyl halides is 2.